The molecule has 4 N–H and O–H groups in total. The maximum Gasteiger partial charge on any atom is 0.251 e. The Hall–Kier alpha value is -2.29. The molecular weight excluding hydrogens is 284 g/mol. The molecule has 0 saturated carbocycles. The van der Waals surface area contributed by atoms with Gasteiger partial charge in [-0.2, -0.15) is 0 Å². The van der Waals surface area contributed by atoms with Gasteiger partial charge in [-0.15, -0.1) is 11.3 Å². The van der Waals surface area contributed by atoms with Gasteiger partial charge in [0.2, 0.25) is 0 Å². The number of hydrogen-bond donors (Lipinski definition) is 3. The summed E-state index contributed by atoms with van der Waals surface area (Å²) in [6.45, 7) is 2.55. The van der Waals surface area contributed by atoms with E-state index >= 15 is 0 Å². The molecule has 2 aromatic rings. The molecule has 5 heteroatoms. The van der Waals surface area contributed by atoms with Crippen LogP contribution in [0.2, 0.25) is 0 Å². The first-order valence-corrected chi connectivity index (χ1v) is 7.32. The third-order valence-electron chi connectivity index (χ3n) is 2.88. The van der Waals surface area contributed by atoms with Crippen LogP contribution >= 0.6 is 11.3 Å². The molecule has 108 valence electrons. The highest BCUT2D eigenvalue weighted by Crippen LogP contribution is 2.18. The molecular formula is C16H16N2O2S. The monoisotopic (exact) mass is 300 g/mol. The van der Waals surface area contributed by atoms with Crippen LogP contribution in [0.3, 0.4) is 0 Å². The molecule has 2 rings (SSSR count). The lowest BCUT2D eigenvalue weighted by atomic mass is 10.1. The number of phenolic OH excluding ortho intramolecular Hbond substituents is 1. The number of aryl methyl sites for hydroxylation is 1. The van der Waals surface area contributed by atoms with E-state index in [0.29, 0.717) is 18.7 Å². The van der Waals surface area contributed by atoms with E-state index in [-0.39, 0.29) is 11.7 Å². The molecule has 0 aliphatic rings. The Morgan fingerprint density at radius 3 is 2.95 bits per heavy atom. The van der Waals surface area contributed by atoms with Crippen LogP contribution in [0.4, 0.5) is 0 Å². The van der Waals surface area contributed by atoms with Crippen molar-refractivity contribution < 1.29 is 9.90 Å². The Morgan fingerprint density at radius 1 is 1.43 bits per heavy atom. The van der Waals surface area contributed by atoms with Crippen molar-refractivity contribution >= 4 is 17.2 Å². The summed E-state index contributed by atoms with van der Waals surface area (Å²) in [6, 6.07) is 6.81. The van der Waals surface area contributed by atoms with E-state index in [9.17, 15) is 9.90 Å². The number of thiophene rings is 1. The van der Waals surface area contributed by atoms with Crippen molar-refractivity contribution in [2.45, 2.75) is 13.5 Å². The topological polar surface area (TPSA) is 75.4 Å². The SMILES string of the molecule is Cc1ccc(C(=O)NCc2cc(C#CCN)cs2)cc1O. The van der Waals surface area contributed by atoms with Crippen LogP contribution in [0.5, 0.6) is 5.75 Å². The fourth-order valence-electron chi connectivity index (χ4n) is 1.71. The number of benzene rings is 1. The van der Waals surface area contributed by atoms with Crippen LogP contribution in [-0.2, 0) is 6.54 Å². The average Bonchev–Trinajstić information content (AvgIpc) is 2.93. The molecule has 0 fully saturated rings. The lowest BCUT2D eigenvalue weighted by Crippen LogP contribution is -2.22. The Morgan fingerprint density at radius 2 is 2.24 bits per heavy atom. The Kier molecular flexibility index (Phi) is 4.99. The van der Waals surface area contributed by atoms with Crippen LogP contribution < -0.4 is 11.1 Å². The van der Waals surface area contributed by atoms with Gasteiger partial charge in [0.1, 0.15) is 5.75 Å². The summed E-state index contributed by atoms with van der Waals surface area (Å²) in [6.07, 6.45) is 0. The molecule has 0 spiro atoms. The van der Waals surface area contributed by atoms with Gasteiger partial charge in [-0.1, -0.05) is 17.9 Å². The summed E-state index contributed by atoms with van der Waals surface area (Å²) in [5, 5.41) is 14.4. The summed E-state index contributed by atoms with van der Waals surface area (Å²) in [7, 11) is 0. The van der Waals surface area contributed by atoms with Gasteiger partial charge in [0.05, 0.1) is 13.1 Å². The third kappa shape index (κ3) is 4.09. The summed E-state index contributed by atoms with van der Waals surface area (Å²) < 4.78 is 0. The van der Waals surface area contributed by atoms with E-state index in [0.717, 1.165) is 16.0 Å². The first-order chi connectivity index (χ1) is 10.1. The molecule has 0 atom stereocenters. The highest BCUT2D eigenvalue weighted by Gasteiger charge is 2.08. The predicted octanol–water partition coefficient (Wildman–Crippen LogP) is 2.00. The summed E-state index contributed by atoms with van der Waals surface area (Å²) >= 11 is 1.54. The Labute approximate surface area is 127 Å². The number of aromatic hydroxyl groups is 1. The highest BCUT2D eigenvalue weighted by atomic mass is 32.1. The molecule has 0 bridgehead atoms. The van der Waals surface area contributed by atoms with Crippen molar-refractivity contribution in [3.63, 3.8) is 0 Å². The van der Waals surface area contributed by atoms with Gasteiger partial charge in [-0.05, 0) is 30.7 Å². The largest absolute Gasteiger partial charge is 0.508 e. The molecule has 4 nitrogen and oxygen atoms in total. The van der Waals surface area contributed by atoms with Crippen LogP contribution in [0, 0.1) is 18.8 Å². The molecule has 21 heavy (non-hydrogen) atoms. The van der Waals surface area contributed by atoms with Crippen LogP contribution in [0.15, 0.2) is 29.6 Å². The smallest absolute Gasteiger partial charge is 0.251 e. The maximum absolute atomic E-state index is 12.0. The normalized spacial score (nSPS) is 9.81. The fraction of sp³-hybridized carbons (Fsp3) is 0.188. The lowest BCUT2D eigenvalue weighted by Gasteiger charge is -2.05. The molecule has 1 aromatic heterocycles. The van der Waals surface area contributed by atoms with Gasteiger partial charge in [0.15, 0.2) is 0 Å². The van der Waals surface area contributed by atoms with Crippen LogP contribution in [-0.4, -0.2) is 17.6 Å². The van der Waals surface area contributed by atoms with Crippen molar-refractivity contribution in [2.75, 3.05) is 6.54 Å². The van der Waals surface area contributed by atoms with E-state index in [2.05, 4.69) is 17.2 Å². The number of rotatable bonds is 3. The number of carbonyl (C=O) groups excluding carboxylic acids is 1. The van der Waals surface area contributed by atoms with Crippen molar-refractivity contribution in [1.29, 1.82) is 0 Å². The summed E-state index contributed by atoms with van der Waals surface area (Å²) in [4.78, 5) is 13.0. The molecule has 0 saturated heterocycles. The minimum Gasteiger partial charge on any atom is -0.508 e. The van der Waals surface area contributed by atoms with Gasteiger partial charge in [0.25, 0.3) is 5.91 Å². The van der Waals surface area contributed by atoms with Gasteiger partial charge in [0, 0.05) is 21.4 Å². The Bertz CT molecular complexity index is 711. The standard InChI is InChI=1S/C16H16N2O2S/c1-11-4-5-13(8-15(11)19)16(20)18-9-14-7-12(10-21-14)3-2-6-17/h4-5,7-8,10,19H,6,9,17H2,1H3,(H,18,20). The van der Waals surface area contributed by atoms with Gasteiger partial charge in [-0.25, -0.2) is 0 Å². The first-order valence-electron chi connectivity index (χ1n) is 6.44. The van der Waals surface area contributed by atoms with E-state index in [1.165, 1.54) is 17.4 Å². The zero-order valence-corrected chi connectivity index (χ0v) is 12.5. The fourth-order valence-corrected chi connectivity index (χ4v) is 2.47. The number of hydrogen-bond acceptors (Lipinski definition) is 4. The number of amides is 1. The zero-order valence-electron chi connectivity index (χ0n) is 11.6. The van der Waals surface area contributed by atoms with Gasteiger partial charge < -0.3 is 16.2 Å². The van der Waals surface area contributed by atoms with E-state index in [1.54, 1.807) is 19.1 Å². The van der Waals surface area contributed by atoms with Crippen molar-refractivity contribution in [3.8, 4) is 17.6 Å². The van der Waals surface area contributed by atoms with Crippen molar-refractivity contribution in [3.05, 3.63) is 51.2 Å². The predicted molar refractivity (Wildman–Crippen MR) is 84.3 cm³/mol. The lowest BCUT2D eigenvalue weighted by molar-refractivity contribution is 0.0951. The minimum atomic E-state index is -0.215. The van der Waals surface area contributed by atoms with Gasteiger partial charge in [-0.3, -0.25) is 4.79 Å². The molecule has 1 aromatic carbocycles. The highest BCUT2D eigenvalue weighted by molar-refractivity contribution is 7.10. The quantitative estimate of drug-likeness (QED) is 0.759. The van der Waals surface area contributed by atoms with E-state index in [4.69, 9.17) is 5.73 Å². The second-order valence-corrected chi connectivity index (χ2v) is 5.49. The van der Waals surface area contributed by atoms with Crippen LogP contribution in [0.1, 0.15) is 26.4 Å². The van der Waals surface area contributed by atoms with Crippen LogP contribution in [0.25, 0.3) is 0 Å². The third-order valence-corrected chi connectivity index (χ3v) is 3.82. The molecule has 1 heterocycles. The summed E-state index contributed by atoms with van der Waals surface area (Å²) in [5.74, 6) is 5.65. The van der Waals surface area contributed by atoms with E-state index in [1.807, 2.05) is 11.4 Å². The molecule has 1 amide bonds. The molecule has 0 radical (unpaired) electrons. The van der Waals surface area contributed by atoms with Crippen molar-refractivity contribution in [1.82, 2.24) is 5.32 Å². The maximum atomic E-state index is 12.0. The minimum absolute atomic E-state index is 0.123. The molecule has 0 aliphatic heterocycles. The van der Waals surface area contributed by atoms with Gasteiger partial charge >= 0.3 is 0 Å². The number of nitrogens with two attached hydrogens (primary N) is 1. The second kappa shape index (κ2) is 6.93. The average molecular weight is 300 g/mol. The summed E-state index contributed by atoms with van der Waals surface area (Å²) in [5.41, 5.74) is 7.41. The number of carbonyl (C=O) groups is 1. The second-order valence-electron chi connectivity index (χ2n) is 4.49. The number of phenols is 1. The van der Waals surface area contributed by atoms with E-state index < -0.39 is 0 Å². The molecule has 0 aliphatic carbocycles. The zero-order chi connectivity index (χ0) is 15.2. The molecule has 0 unspecified atom stereocenters. The number of nitrogens with one attached hydrogen (secondary N) is 1. The Balaban J connectivity index is 1.97. The van der Waals surface area contributed by atoms with Crippen molar-refractivity contribution in [2.24, 2.45) is 5.73 Å². The first kappa shape index (κ1) is 15.1.